The van der Waals surface area contributed by atoms with Crippen molar-refractivity contribution in [3.05, 3.63) is 53.5 Å². The normalized spacial score (nSPS) is 10.8. The van der Waals surface area contributed by atoms with E-state index in [1.165, 1.54) is 0 Å². The zero-order valence-corrected chi connectivity index (χ0v) is 14.0. The summed E-state index contributed by atoms with van der Waals surface area (Å²) in [4.78, 5) is 0. The van der Waals surface area contributed by atoms with Crippen molar-refractivity contribution in [2.75, 3.05) is 5.33 Å². The fraction of sp³-hybridized carbons (Fsp3) is 0.222. The van der Waals surface area contributed by atoms with Crippen molar-refractivity contribution in [1.82, 2.24) is 10.2 Å². The number of unbranched alkanes of at least 4 members (excludes halogenated alkanes) is 1. The first kappa shape index (κ1) is 15.7. The Bertz CT molecular complexity index is 866. The summed E-state index contributed by atoms with van der Waals surface area (Å²) in [5, 5.41) is 18.5. The second-order valence-corrected chi connectivity index (χ2v) is 6.11. The molecule has 1 aromatic heterocycles. The van der Waals surface area contributed by atoms with Crippen LogP contribution in [0.5, 0.6) is 0 Å². The number of aromatic amines is 1. The highest BCUT2D eigenvalue weighted by atomic mass is 79.9. The van der Waals surface area contributed by atoms with Gasteiger partial charge in [-0.3, -0.25) is 5.10 Å². The molecule has 0 unspecified atom stereocenters. The van der Waals surface area contributed by atoms with Crippen molar-refractivity contribution in [3.63, 3.8) is 0 Å². The SMILES string of the molecule is N#Cc1c(-c2ccn[nH]2)c(CCCCBr)c(F)c2ccccc12. The Hall–Kier alpha value is -2.19. The second kappa shape index (κ2) is 6.93. The summed E-state index contributed by atoms with van der Waals surface area (Å²) in [6.07, 6.45) is 4.01. The largest absolute Gasteiger partial charge is 0.278 e. The molecule has 0 fully saturated rings. The van der Waals surface area contributed by atoms with Gasteiger partial charge in [0.1, 0.15) is 11.9 Å². The minimum absolute atomic E-state index is 0.237. The van der Waals surface area contributed by atoms with Crippen molar-refractivity contribution in [1.29, 1.82) is 5.26 Å². The number of fused-ring (bicyclic) bond motifs is 1. The van der Waals surface area contributed by atoms with E-state index in [9.17, 15) is 5.26 Å². The number of benzene rings is 2. The molecule has 0 amide bonds. The van der Waals surface area contributed by atoms with Crippen LogP contribution >= 0.6 is 15.9 Å². The van der Waals surface area contributed by atoms with Crippen LogP contribution < -0.4 is 0 Å². The molecule has 23 heavy (non-hydrogen) atoms. The van der Waals surface area contributed by atoms with Crippen molar-refractivity contribution in [3.8, 4) is 17.3 Å². The number of rotatable bonds is 5. The number of H-pyrrole nitrogens is 1. The standard InChI is InChI=1S/C18H15BrFN3/c19-9-4-3-7-14-17(16-8-10-22-23-16)15(11-21)12-5-1-2-6-13(12)18(14)20/h1-2,5-6,8,10H,3-4,7,9H2,(H,22,23). The minimum atomic E-state index is -0.237. The Morgan fingerprint density at radius 3 is 2.61 bits per heavy atom. The maximum atomic E-state index is 15.1. The van der Waals surface area contributed by atoms with E-state index in [1.54, 1.807) is 30.5 Å². The van der Waals surface area contributed by atoms with Crippen molar-refractivity contribution in [2.45, 2.75) is 19.3 Å². The minimum Gasteiger partial charge on any atom is -0.278 e. The van der Waals surface area contributed by atoms with Gasteiger partial charge in [-0.25, -0.2) is 4.39 Å². The van der Waals surface area contributed by atoms with Crippen LogP contribution in [0, 0.1) is 17.1 Å². The molecule has 3 aromatic rings. The van der Waals surface area contributed by atoms with Crippen molar-refractivity contribution >= 4 is 26.7 Å². The average molecular weight is 372 g/mol. The third-order valence-electron chi connectivity index (χ3n) is 3.94. The van der Waals surface area contributed by atoms with E-state index < -0.39 is 0 Å². The first-order valence-electron chi connectivity index (χ1n) is 7.46. The Labute approximate surface area is 142 Å². The van der Waals surface area contributed by atoms with Crippen LogP contribution in [0.3, 0.4) is 0 Å². The fourth-order valence-corrected chi connectivity index (χ4v) is 3.29. The lowest BCUT2D eigenvalue weighted by atomic mass is 9.90. The number of nitrogens with one attached hydrogen (secondary N) is 1. The van der Waals surface area contributed by atoms with Gasteiger partial charge in [0.25, 0.3) is 0 Å². The van der Waals surface area contributed by atoms with Gasteiger partial charge in [-0.2, -0.15) is 10.4 Å². The van der Waals surface area contributed by atoms with Gasteiger partial charge in [0, 0.05) is 27.9 Å². The highest BCUT2D eigenvalue weighted by Crippen LogP contribution is 2.36. The Morgan fingerprint density at radius 1 is 1.17 bits per heavy atom. The molecule has 0 bridgehead atoms. The lowest BCUT2D eigenvalue weighted by molar-refractivity contribution is 0.616. The van der Waals surface area contributed by atoms with Crippen LogP contribution in [0.25, 0.3) is 22.0 Å². The molecule has 1 heterocycles. The molecule has 0 saturated carbocycles. The number of halogens is 2. The lowest BCUT2D eigenvalue weighted by Gasteiger charge is -2.15. The van der Waals surface area contributed by atoms with Gasteiger partial charge < -0.3 is 0 Å². The van der Waals surface area contributed by atoms with E-state index >= 15 is 4.39 Å². The fourth-order valence-electron chi connectivity index (χ4n) is 2.89. The van der Waals surface area contributed by atoms with E-state index in [-0.39, 0.29) is 5.82 Å². The maximum Gasteiger partial charge on any atom is 0.134 e. The van der Waals surface area contributed by atoms with E-state index in [4.69, 9.17) is 0 Å². The molecule has 3 nitrogen and oxygen atoms in total. The highest BCUT2D eigenvalue weighted by Gasteiger charge is 2.21. The quantitative estimate of drug-likeness (QED) is 0.509. The first-order valence-corrected chi connectivity index (χ1v) is 8.59. The van der Waals surface area contributed by atoms with Crippen LogP contribution in [0.4, 0.5) is 4.39 Å². The van der Waals surface area contributed by atoms with Crippen LogP contribution in [-0.4, -0.2) is 15.5 Å². The summed E-state index contributed by atoms with van der Waals surface area (Å²) in [7, 11) is 0. The Balaban J connectivity index is 2.31. The molecule has 1 N–H and O–H groups in total. The van der Waals surface area contributed by atoms with Gasteiger partial charge in [-0.1, -0.05) is 40.2 Å². The highest BCUT2D eigenvalue weighted by molar-refractivity contribution is 9.09. The predicted octanol–water partition coefficient (Wildman–Crippen LogP) is 4.96. The monoisotopic (exact) mass is 371 g/mol. The Kier molecular flexibility index (Phi) is 4.73. The van der Waals surface area contributed by atoms with Gasteiger partial charge in [0.15, 0.2) is 0 Å². The van der Waals surface area contributed by atoms with Crippen LogP contribution in [-0.2, 0) is 6.42 Å². The van der Waals surface area contributed by atoms with Crippen LogP contribution in [0.15, 0.2) is 36.5 Å². The smallest absolute Gasteiger partial charge is 0.134 e. The topological polar surface area (TPSA) is 52.5 Å². The second-order valence-electron chi connectivity index (χ2n) is 5.32. The molecule has 0 radical (unpaired) electrons. The summed E-state index contributed by atoms with van der Waals surface area (Å²) in [5.41, 5.74) is 2.40. The molecule has 5 heteroatoms. The molecular weight excluding hydrogens is 357 g/mol. The summed E-state index contributed by atoms with van der Waals surface area (Å²) in [6.45, 7) is 0. The van der Waals surface area contributed by atoms with Crippen molar-refractivity contribution in [2.24, 2.45) is 0 Å². The molecule has 0 aliphatic rings. The van der Waals surface area contributed by atoms with Gasteiger partial charge in [0.05, 0.1) is 11.3 Å². The van der Waals surface area contributed by atoms with Crippen LogP contribution in [0.1, 0.15) is 24.0 Å². The van der Waals surface area contributed by atoms with Crippen molar-refractivity contribution < 1.29 is 4.39 Å². The lowest BCUT2D eigenvalue weighted by Crippen LogP contribution is -2.01. The number of hydrogen-bond acceptors (Lipinski definition) is 2. The van der Waals surface area contributed by atoms with Gasteiger partial charge in [-0.05, 0) is 30.9 Å². The third kappa shape index (κ3) is 2.87. The van der Waals surface area contributed by atoms with E-state index in [0.29, 0.717) is 39.6 Å². The van der Waals surface area contributed by atoms with Crippen LogP contribution in [0.2, 0.25) is 0 Å². The molecule has 116 valence electrons. The summed E-state index contributed by atoms with van der Waals surface area (Å²) >= 11 is 3.40. The average Bonchev–Trinajstić information content (AvgIpc) is 3.11. The zero-order valence-electron chi connectivity index (χ0n) is 12.4. The molecule has 0 aliphatic heterocycles. The van der Waals surface area contributed by atoms with E-state index in [2.05, 4.69) is 32.2 Å². The summed E-state index contributed by atoms with van der Waals surface area (Å²) in [5.74, 6) is -0.237. The zero-order chi connectivity index (χ0) is 16.2. The molecular formula is C18H15BrFN3. The third-order valence-corrected chi connectivity index (χ3v) is 4.50. The Morgan fingerprint density at radius 2 is 1.96 bits per heavy atom. The molecule has 3 rings (SSSR count). The summed E-state index contributed by atoms with van der Waals surface area (Å²) in [6, 6.07) is 11.2. The molecule has 0 spiro atoms. The number of alkyl halides is 1. The molecule has 0 atom stereocenters. The van der Waals surface area contributed by atoms with E-state index in [0.717, 1.165) is 18.2 Å². The number of hydrogen-bond donors (Lipinski definition) is 1. The summed E-state index contributed by atoms with van der Waals surface area (Å²) < 4.78 is 15.1. The van der Waals surface area contributed by atoms with Gasteiger partial charge in [-0.15, -0.1) is 0 Å². The molecule has 0 saturated heterocycles. The predicted molar refractivity (Wildman–Crippen MR) is 92.9 cm³/mol. The number of aromatic nitrogens is 2. The number of nitrogens with zero attached hydrogens (tertiary/aromatic N) is 2. The molecule has 0 aliphatic carbocycles. The van der Waals surface area contributed by atoms with E-state index in [1.807, 2.05) is 6.07 Å². The van der Waals surface area contributed by atoms with Gasteiger partial charge >= 0.3 is 0 Å². The maximum absolute atomic E-state index is 15.1. The van der Waals surface area contributed by atoms with Gasteiger partial charge in [0.2, 0.25) is 0 Å². The first-order chi connectivity index (χ1) is 11.3. The number of nitriles is 1. The molecule has 2 aromatic carbocycles.